The molecule has 1 aromatic heterocycles. The van der Waals surface area contributed by atoms with Crippen LogP contribution in [0.3, 0.4) is 0 Å². The van der Waals surface area contributed by atoms with Crippen molar-refractivity contribution < 1.29 is 9.90 Å². The molecule has 23 heavy (non-hydrogen) atoms. The third kappa shape index (κ3) is 4.00. The minimum absolute atomic E-state index is 0.214. The number of amides is 1. The molecule has 5 nitrogen and oxygen atoms in total. The summed E-state index contributed by atoms with van der Waals surface area (Å²) < 4.78 is 0. The van der Waals surface area contributed by atoms with Crippen LogP contribution in [0.4, 0.5) is 11.5 Å². The molecule has 0 radical (unpaired) electrons. The number of benzene rings is 1. The number of carbonyl (C=O) groups excluding carboxylic acids is 1. The first kappa shape index (κ1) is 15.8. The molecule has 2 aromatic rings. The van der Waals surface area contributed by atoms with Crippen LogP contribution >= 0.6 is 11.6 Å². The molecule has 0 spiro atoms. The summed E-state index contributed by atoms with van der Waals surface area (Å²) in [4.78, 5) is 18.7. The maximum atomic E-state index is 12.2. The second-order valence-corrected chi connectivity index (χ2v) is 6.02. The molecular formula is C17H18ClN3O2. The Labute approximate surface area is 139 Å². The van der Waals surface area contributed by atoms with E-state index in [2.05, 4.69) is 15.2 Å². The lowest BCUT2D eigenvalue weighted by atomic mass is 10.1. The molecule has 1 aliphatic heterocycles. The SMILES string of the molecule is O=C(Nc1cccc(Cl)c1)c1ccc(N2CCC(O)CC2)nc1. The van der Waals surface area contributed by atoms with Gasteiger partial charge in [0.1, 0.15) is 5.82 Å². The van der Waals surface area contributed by atoms with Crippen LogP contribution < -0.4 is 10.2 Å². The molecule has 2 heterocycles. The molecule has 1 saturated heterocycles. The molecule has 1 aromatic carbocycles. The first-order valence-corrected chi connectivity index (χ1v) is 7.95. The standard InChI is InChI=1S/C17H18ClN3O2/c18-13-2-1-3-14(10-13)20-17(23)12-4-5-16(19-11-12)21-8-6-15(22)7-9-21/h1-5,10-11,15,22H,6-9H2,(H,20,23). The van der Waals surface area contributed by atoms with Gasteiger partial charge in [-0.2, -0.15) is 0 Å². The van der Waals surface area contributed by atoms with Gasteiger partial charge < -0.3 is 15.3 Å². The lowest BCUT2D eigenvalue weighted by Crippen LogP contribution is -2.36. The van der Waals surface area contributed by atoms with Crippen LogP contribution in [0.2, 0.25) is 5.02 Å². The van der Waals surface area contributed by atoms with Crippen molar-refractivity contribution in [3.05, 3.63) is 53.2 Å². The van der Waals surface area contributed by atoms with Crippen molar-refractivity contribution in [3.8, 4) is 0 Å². The number of carbonyl (C=O) groups is 1. The Morgan fingerprint density at radius 1 is 1.26 bits per heavy atom. The monoisotopic (exact) mass is 331 g/mol. The number of nitrogens with zero attached hydrogens (tertiary/aromatic N) is 2. The quantitative estimate of drug-likeness (QED) is 0.907. The minimum Gasteiger partial charge on any atom is -0.393 e. The number of aromatic nitrogens is 1. The molecule has 1 amide bonds. The van der Waals surface area contributed by atoms with Gasteiger partial charge in [-0.1, -0.05) is 17.7 Å². The van der Waals surface area contributed by atoms with E-state index in [0.717, 1.165) is 31.7 Å². The number of hydrogen-bond donors (Lipinski definition) is 2. The summed E-state index contributed by atoms with van der Waals surface area (Å²) in [6, 6.07) is 10.6. The predicted molar refractivity (Wildman–Crippen MR) is 91.1 cm³/mol. The number of aliphatic hydroxyl groups excluding tert-OH is 1. The molecule has 1 fully saturated rings. The van der Waals surface area contributed by atoms with E-state index in [1.54, 1.807) is 36.5 Å². The Hall–Kier alpha value is -2.11. The number of pyridine rings is 1. The molecule has 6 heteroatoms. The summed E-state index contributed by atoms with van der Waals surface area (Å²) >= 11 is 5.90. The molecule has 1 aliphatic rings. The van der Waals surface area contributed by atoms with Crippen LogP contribution in [0.1, 0.15) is 23.2 Å². The van der Waals surface area contributed by atoms with E-state index in [-0.39, 0.29) is 12.0 Å². The van der Waals surface area contributed by atoms with Crippen molar-refractivity contribution >= 4 is 29.0 Å². The summed E-state index contributed by atoms with van der Waals surface area (Å²) in [6.07, 6.45) is 2.85. The topological polar surface area (TPSA) is 65.5 Å². The third-order valence-corrected chi connectivity index (χ3v) is 4.12. The molecule has 0 aliphatic carbocycles. The summed E-state index contributed by atoms with van der Waals surface area (Å²) in [5.41, 5.74) is 1.14. The van der Waals surface area contributed by atoms with E-state index in [4.69, 9.17) is 11.6 Å². The van der Waals surface area contributed by atoms with Gasteiger partial charge in [0, 0.05) is 30.0 Å². The Bertz CT molecular complexity index is 682. The number of hydrogen-bond acceptors (Lipinski definition) is 4. The van der Waals surface area contributed by atoms with Crippen molar-refractivity contribution in [3.63, 3.8) is 0 Å². The lowest BCUT2D eigenvalue weighted by Gasteiger charge is -2.30. The van der Waals surface area contributed by atoms with E-state index in [1.807, 2.05) is 6.07 Å². The van der Waals surface area contributed by atoms with Gasteiger partial charge in [-0.3, -0.25) is 4.79 Å². The normalized spacial score (nSPS) is 15.5. The number of anilines is 2. The Morgan fingerprint density at radius 3 is 2.70 bits per heavy atom. The van der Waals surface area contributed by atoms with Gasteiger partial charge in [0.05, 0.1) is 11.7 Å². The Balaban J connectivity index is 1.65. The summed E-state index contributed by atoms with van der Waals surface area (Å²) in [6.45, 7) is 1.56. The number of rotatable bonds is 3. The fraction of sp³-hybridized carbons (Fsp3) is 0.294. The van der Waals surface area contributed by atoms with Crippen LogP contribution in [0.15, 0.2) is 42.6 Å². The van der Waals surface area contributed by atoms with E-state index in [1.165, 1.54) is 0 Å². The first-order valence-electron chi connectivity index (χ1n) is 7.58. The number of aliphatic hydroxyl groups is 1. The largest absolute Gasteiger partial charge is 0.393 e. The first-order chi connectivity index (χ1) is 11.1. The maximum Gasteiger partial charge on any atom is 0.257 e. The third-order valence-electron chi connectivity index (χ3n) is 3.88. The molecule has 3 rings (SSSR count). The maximum absolute atomic E-state index is 12.2. The van der Waals surface area contributed by atoms with Gasteiger partial charge >= 0.3 is 0 Å². The highest BCUT2D eigenvalue weighted by Gasteiger charge is 2.18. The molecule has 2 N–H and O–H groups in total. The van der Waals surface area contributed by atoms with Crippen molar-refractivity contribution in [1.82, 2.24) is 4.98 Å². The summed E-state index contributed by atoms with van der Waals surface area (Å²) in [5.74, 6) is 0.608. The van der Waals surface area contributed by atoms with Crippen molar-refractivity contribution in [2.45, 2.75) is 18.9 Å². The predicted octanol–water partition coefficient (Wildman–Crippen LogP) is 2.95. The Kier molecular flexibility index (Phi) is 4.79. The fourth-order valence-electron chi connectivity index (χ4n) is 2.57. The van der Waals surface area contributed by atoms with Gasteiger partial charge in [-0.05, 0) is 43.2 Å². The van der Waals surface area contributed by atoms with Gasteiger partial charge in [-0.15, -0.1) is 0 Å². The van der Waals surface area contributed by atoms with E-state index < -0.39 is 0 Å². The number of halogens is 1. The summed E-state index contributed by atoms with van der Waals surface area (Å²) in [5, 5.41) is 12.9. The van der Waals surface area contributed by atoms with Gasteiger partial charge in [0.2, 0.25) is 0 Å². The van der Waals surface area contributed by atoms with Crippen LogP contribution in [0.25, 0.3) is 0 Å². The molecular weight excluding hydrogens is 314 g/mol. The highest BCUT2D eigenvalue weighted by Crippen LogP contribution is 2.19. The summed E-state index contributed by atoms with van der Waals surface area (Å²) in [7, 11) is 0. The number of piperidine rings is 1. The van der Waals surface area contributed by atoms with Gasteiger partial charge in [0.15, 0.2) is 0 Å². The average Bonchev–Trinajstić information content (AvgIpc) is 2.56. The highest BCUT2D eigenvalue weighted by molar-refractivity contribution is 6.30. The van der Waals surface area contributed by atoms with Crippen molar-refractivity contribution in [2.75, 3.05) is 23.3 Å². The Morgan fingerprint density at radius 2 is 2.04 bits per heavy atom. The zero-order valence-electron chi connectivity index (χ0n) is 12.6. The second kappa shape index (κ2) is 6.98. The zero-order chi connectivity index (χ0) is 16.2. The molecule has 0 saturated carbocycles. The molecule has 120 valence electrons. The number of nitrogens with one attached hydrogen (secondary N) is 1. The van der Waals surface area contributed by atoms with Gasteiger partial charge in [-0.25, -0.2) is 4.98 Å². The molecule has 0 bridgehead atoms. The zero-order valence-corrected chi connectivity index (χ0v) is 13.3. The van der Waals surface area contributed by atoms with Crippen LogP contribution in [-0.4, -0.2) is 35.2 Å². The van der Waals surface area contributed by atoms with Crippen LogP contribution in [-0.2, 0) is 0 Å². The van der Waals surface area contributed by atoms with Crippen molar-refractivity contribution in [1.29, 1.82) is 0 Å². The van der Waals surface area contributed by atoms with E-state index >= 15 is 0 Å². The highest BCUT2D eigenvalue weighted by atomic mass is 35.5. The van der Waals surface area contributed by atoms with E-state index in [9.17, 15) is 9.90 Å². The molecule has 0 atom stereocenters. The van der Waals surface area contributed by atoms with E-state index in [0.29, 0.717) is 16.3 Å². The second-order valence-electron chi connectivity index (χ2n) is 5.59. The molecule has 0 unspecified atom stereocenters. The van der Waals surface area contributed by atoms with Crippen LogP contribution in [0.5, 0.6) is 0 Å². The average molecular weight is 332 g/mol. The smallest absolute Gasteiger partial charge is 0.257 e. The van der Waals surface area contributed by atoms with Gasteiger partial charge in [0.25, 0.3) is 5.91 Å². The minimum atomic E-state index is -0.222. The van der Waals surface area contributed by atoms with Crippen LogP contribution in [0, 0.1) is 0 Å². The van der Waals surface area contributed by atoms with Crippen molar-refractivity contribution in [2.24, 2.45) is 0 Å². The fourth-order valence-corrected chi connectivity index (χ4v) is 2.76. The lowest BCUT2D eigenvalue weighted by molar-refractivity contribution is 0.102.